The van der Waals surface area contributed by atoms with Crippen LogP contribution in [0.1, 0.15) is 11.3 Å². The van der Waals surface area contributed by atoms with E-state index in [0.717, 1.165) is 11.3 Å². The summed E-state index contributed by atoms with van der Waals surface area (Å²) in [5.74, 6) is -1.01. The monoisotopic (exact) mass is 265 g/mol. The lowest BCUT2D eigenvalue weighted by molar-refractivity contribution is -0.118. The number of benzene rings is 1. The number of carbonyl (C=O) groups excluding carboxylic acids is 1. The third kappa shape index (κ3) is 3.42. The normalized spacial score (nSPS) is 11.4. The Hall–Kier alpha value is -2.67. The maximum Gasteiger partial charge on any atom is 0.242 e. The van der Waals surface area contributed by atoms with Gasteiger partial charge in [0.15, 0.2) is 0 Å². The number of amides is 1. The molecule has 0 aliphatic rings. The summed E-state index contributed by atoms with van der Waals surface area (Å²) in [4.78, 5) is 16.2. The maximum atomic E-state index is 12.1. The second kappa shape index (κ2) is 6.48. The van der Waals surface area contributed by atoms with E-state index in [1.54, 1.807) is 18.3 Å². The Morgan fingerprint density at radius 3 is 2.70 bits per heavy atom. The molecule has 0 fully saturated rings. The van der Waals surface area contributed by atoms with Crippen LogP contribution in [0.2, 0.25) is 0 Å². The van der Waals surface area contributed by atoms with Crippen LogP contribution in [0.25, 0.3) is 0 Å². The van der Waals surface area contributed by atoms with Gasteiger partial charge in [0.05, 0.1) is 17.5 Å². The first kappa shape index (κ1) is 13.8. The molecule has 0 aliphatic heterocycles. The van der Waals surface area contributed by atoms with Gasteiger partial charge in [0.1, 0.15) is 5.92 Å². The number of rotatable bonds is 4. The van der Waals surface area contributed by atoms with Crippen LogP contribution in [0.3, 0.4) is 0 Å². The average molecular weight is 265 g/mol. The standard InChI is InChI=1S/C16H15N3O/c1-12-15(8-5-9-18-12)19-16(20)14(11-17)10-13-6-3-2-4-7-13/h2-9,14H,10H2,1H3,(H,19,20). The van der Waals surface area contributed by atoms with Crippen molar-refractivity contribution in [2.75, 3.05) is 5.32 Å². The van der Waals surface area contributed by atoms with Crippen molar-refractivity contribution >= 4 is 11.6 Å². The number of hydrogen-bond donors (Lipinski definition) is 1. The van der Waals surface area contributed by atoms with Gasteiger partial charge in [-0.1, -0.05) is 30.3 Å². The van der Waals surface area contributed by atoms with Crippen molar-refractivity contribution in [1.29, 1.82) is 5.26 Å². The highest BCUT2D eigenvalue weighted by Gasteiger charge is 2.19. The van der Waals surface area contributed by atoms with E-state index in [1.807, 2.05) is 37.3 Å². The number of carbonyl (C=O) groups is 1. The van der Waals surface area contributed by atoms with Gasteiger partial charge in [-0.15, -0.1) is 0 Å². The van der Waals surface area contributed by atoms with Crippen LogP contribution in [0, 0.1) is 24.2 Å². The molecule has 4 heteroatoms. The number of aryl methyl sites for hydroxylation is 1. The number of pyridine rings is 1. The molecule has 1 aromatic heterocycles. The zero-order chi connectivity index (χ0) is 14.4. The van der Waals surface area contributed by atoms with Crippen LogP contribution in [-0.2, 0) is 11.2 Å². The molecule has 0 radical (unpaired) electrons. The lowest BCUT2D eigenvalue weighted by Crippen LogP contribution is -2.24. The van der Waals surface area contributed by atoms with Crippen molar-refractivity contribution in [3.05, 3.63) is 59.9 Å². The van der Waals surface area contributed by atoms with Crippen LogP contribution in [0.4, 0.5) is 5.69 Å². The summed E-state index contributed by atoms with van der Waals surface area (Å²) in [7, 11) is 0. The molecule has 20 heavy (non-hydrogen) atoms. The Bertz CT molecular complexity index is 632. The Morgan fingerprint density at radius 2 is 2.05 bits per heavy atom. The lowest BCUT2D eigenvalue weighted by atomic mass is 10.00. The number of hydrogen-bond acceptors (Lipinski definition) is 3. The van der Waals surface area contributed by atoms with Gasteiger partial charge in [0.25, 0.3) is 0 Å². The molecule has 1 amide bonds. The second-order valence-electron chi connectivity index (χ2n) is 4.50. The highest BCUT2D eigenvalue weighted by molar-refractivity contribution is 5.94. The number of nitrogens with one attached hydrogen (secondary N) is 1. The summed E-state index contributed by atoms with van der Waals surface area (Å²) < 4.78 is 0. The lowest BCUT2D eigenvalue weighted by Gasteiger charge is -2.11. The Morgan fingerprint density at radius 1 is 1.30 bits per heavy atom. The number of anilines is 1. The van der Waals surface area contributed by atoms with E-state index in [4.69, 9.17) is 0 Å². The molecule has 100 valence electrons. The van der Waals surface area contributed by atoms with Gasteiger partial charge in [-0.2, -0.15) is 5.26 Å². The minimum atomic E-state index is -0.711. The zero-order valence-corrected chi connectivity index (χ0v) is 11.2. The first-order valence-electron chi connectivity index (χ1n) is 6.36. The zero-order valence-electron chi connectivity index (χ0n) is 11.2. The average Bonchev–Trinajstić information content (AvgIpc) is 2.48. The molecule has 1 heterocycles. The predicted molar refractivity (Wildman–Crippen MR) is 76.9 cm³/mol. The fourth-order valence-corrected chi connectivity index (χ4v) is 1.88. The summed E-state index contributed by atoms with van der Waals surface area (Å²) in [6.45, 7) is 1.81. The first-order chi connectivity index (χ1) is 9.70. The van der Waals surface area contributed by atoms with Crippen molar-refractivity contribution < 1.29 is 4.79 Å². The van der Waals surface area contributed by atoms with Crippen LogP contribution >= 0.6 is 0 Å². The highest BCUT2D eigenvalue weighted by atomic mass is 16.1. The Balaban J connectivity index is 2.07. The van der Waals surface area contributed by atoms with Gasteiger partial charge in [-0.05, 0) is 31.0 Å². The summed E-state index contributed by atoms with van der Waals surface area (Å²) >= 11 is 0. The van der Waals surface area contributed by atoms with Crippen LogP contribution < -0.4 is 5.32 Å². The molecule has 1 N–H and O–H groups in total. The van der Waals surface area contributed by atoms with Crippen LogP contribution in [0.5, 0.6) is 0 Å². The number of nitrogens with zero attached hydrogens (tertiary/aromatic N) is 2. The quantitative estimate of drug-likeness (QED) is 0.924. The summed E-state index contributed by atoms with van der Waals surface area (Å²) in [5, 5.41) is 11.9. The Labute approximate surface area is 118 Å². The third-order valence-corrected chi connectivity index (χ3v) is 3.02. The molecule has 2 rings (SSSR count). The van der Waals surface area contributed by atoms with Gasteiger partial charge < -0.3 is 5.32 Å². The number of aromatic nitrogens is 1. The van der Waals surface area contributed by atoms with Gasteiger partial charge in [-0.3, -0.25) is 9.78 Å². The predicted octanol–water partition coefficient (Wildman–Crippen LogP) is 2.71. The van der Waals surface area contributed by atoms with Crippen LogP contribution in [-0.4, -0.2) is 10.9 Å². The molecule has 0 saturated heterocycles. The van der Waals surface area contributed by atoms with Crippen molar-refractivity contribution in [2.24, 2.45) is 5.92 Å². The van der Waals surface area contributed by atoms with E-state index in [0.29, 0.717) is 12.1 Å². The number of nitriles is 1. The molecule has 2 aromatic rings. The first-order valence-corrected chi connectivity index (χ1v) is 6.36. The highest BCUT2D eigenvalue weighted by Crippen LogP contribution is 2.14. The van der Waals surface area contributed by atoms with Crippen molar-refractivity contribution in [3.8, 4) is 6.07 Å². The molecule has 0 spiro atoms. The van der Waals surface area contributed by atoms with Crippen molar-refractivity contribution in [1.82, 2.24) is 4.98 Å². The molecule has 4 nitrogen and oxygen atoms in total. The fourth-order valence-electron chi connectivity index (χ4n) is 1.88. The van der Waals surface area contributed by atoms with Gasteiger partial charge in [0, 0.05) is 6.20 Å². The van der Waals surface area contributed by atoms with E-state index < -0.39 is 5.92 Å². The largest absolute Gasteiger partial charge is 0.323 e. The minimum absolute atomic E-state index is 0.299. The molecule has 0 saturated carbocycles. The third-order valence-electron chi connectivity index (χ3n) is 3.02. The second-order valence-corrected chi connectivity index (χ2v) is 4.50. The molecule has 1 atom stereocenters. The maximum absolute atomic E-state index is 12.1. The Kier molecular flexibility index (Phi) is 4.46. The summed E-state index contributed by atoms with van der Waals surface area (Å²) in [6, 6.07) is 15.1. The summed E-state index contributed by atoms with van der Waals surface area (Å²) in [6.07, 6.45) is 2.07. The van der Waals surface area contributed by atoms with E-state index in [1.165, 1.54) is 0 Å². The van der Waals surface area contributed by atoms with Crippen LogP contribution in [0.15, 0.2) is 48.7 Å². The molecule has 1 aromatic carbocycles. The van der Waals surface area contributed by atoms with Gasteiger partial charge in [-0.25, -0.2) is 0 Å². The molecule has 0 aliphatic carbocycles. The van der Waals surface area contributed by atoms with Gasteiger partial charge in [0.2, 0.25) is 5.91 Å². The minimum Gasteiger partial charge on any atom is -0.323 e. The SMILES string of the molecule is Cc1ncccc1NC(=O)C(C#N)Cc1ccccc1. The van der Waals surface area contributed by atoms with E-state index in [9.17, 15) is 10.1 Å². The summed E-state index contributed by atoms with van der Waals surface area (Å²) in [5.41, 5.74) is 2.35. The van der Waals surface area contributed by atoms with Gasteiger partial charge >= 0.3 is 0 Å². The van der Waals surface area contributed by atoms with E-state index in [-0.39, 0.29) is 5.91 Å². The van der Waals surface area contributed by atoms with Crippen molar-refractivity contribution in [2.45, 2.75) is 13.3 Å². The molecular formula is C16H15N3O. The fraction of sp³-hybridized carbons (Fsp3) is 0.188. The smallest absolute Gasteiger partial charge is 0.242 e. The molecular weight excluding hydrogens is 250 g/mol. The molecule has 0 bridgehead atoms. The van der Waals surface area contributed by atoms with E-state index >= 15 is 0 Å². The topological polar surface area (TPSA) is 65.8 Å². The molecule has 1 unspecified atom stereocenters. The van der Waals surface area contributed by atoms with Crippen molar-refractivity contribution in [3.63, 3.8) is 0 Å². The van der Waals surface area contributed by atoms with E-state index in [2.05, 4.69) is 16.4 Å².